The second kappa shape index (κ2) is 6.64. The number of amidine groups is 1. The summed E-state index contributed by atoms with van der Waals surface area (Å²) in [6.07, 6.45) is 3.99. The van der Waals surface area contributed by atoms with Crippen LogP contribution in [0.15, 0.2) is 35.3 Å². The zero-order valence-electron chi connectivity index (χ0n) is 12.1. The fourth-order valence-electron chi connectivity index (χ4n) is 2.91. The number of piperidine rings is 1. The Balaban J connectivity index is 1.55. The summed E-state index contributed by atoms with van der Waals surface area (Å²) in [5, 5.41) is 4.68. The molecule has 0 amide bonds. The molecule has 2 heterocycles. The summed E-state index contributed by atoms with van der Waals surface area (Å²) in [5.41, 5.74) is 1.36. The third-order valence-electron chi connectivity index (χ3n) is 4.25. The number of rotatable bonds is 3. The Morgan fingerprint density at radius 1 is 1.30 bits per heavy atom. The van der Waals surface area contributed by atoms with Crippen molar-refractivity contribution in [1.29, 1.82) is 0 Å². The largest absolute Gasteiger partial charge is 0.357 e. The minimum atomic E-state index is 0.420. The third-order valence-corrected chi connectivity index (χ3v) is 5.27. The number of likely N-dealkylation sites (tertiary alicyclic amines) is 1. The van der Waals surface area contributed by atoms with Gasteiger partial charge in [0.15, 0.2) is 5.17 Å². The van der Waals surface area contributed by atoms with E-state index < -0.39 is 0 Å². The van der Waals surface area contributed by atoms with Crippen molar-refractivity contribution in [2.75, 3.05) is 25.9 Å². The van der Waals surface area contributed by atoms with Crippen molar-refractivity contribution in [3.63, 3.8) is 0 Å². The van der Waals surface area contributed by atoms with Gasteiger partial charge in [-0.05, 0) is 32.0 Å². The summed E-state index contributed by atoms with van der Waals surface area (Å²) < 4.78 is 0. The first-order valence-electron chi connectivity index (χ1n) is 7.52. The first-order chi connectivity index (χ1) is 9.83. The molecule has 2 unspecified atom stereocenters. The molecule has 3 nitrogen and oxygen atoms in total. The second-order valence-corrected chi connectivity index (χ2v) is 6.70. The lowest BCUT2D eigenvalue weighted by Crippen LogP contribution is -2.38. The molecule has 1 aromatic rings. The van der Waals surface area contributed by atoms with Gasteiger partial charge in [-0.3, -0.25) is 4.99 Å². The molecule has 4 heteroatoms. The van der Waals surface area contributed by atoms with Crippen molar-refractivity contribution in [3.05, 3.63) is 35.9 Å². The first-order valence-corrected chi connectivity index (χ1v) is 8.50. The molecular formula is C16H23N3S. The SMILES string of the molecule is CN1CCCCC1CN=C1NC(c2ccccc2)CS1. The van der Waals surface area contributed by atoms with Crippen molar-refractivity contribution in [1.82, 2.24) is 10.2 Å². The van der Waals surface area contributed by atoms with Crippen LogP contribution in [0.25, 0.3) is 0 Å². The molecule has 0 spiro atoms. The van der Waals surface area contributed by atoms with Crippen LogP contribution in [0.1, 0.15) is 30.9 Å². The molecule has 0 saturated carbocycles. The van der Waals surface area contributed by atoms with E-state index in [9.17, 15) is 0 Å². The van der Waals surface area contributed by atoms with Crippen LogP contribution < -0.4 is 5.32 Å². The van der Waals surface area contributed by atoms with Gasteiger partial charge < -0.3 is 10.2 Å². The van der Waals surface area contributed by atoms with Crippen LogP contribution in [-0.4, -0.2) is 42.0 Å². The Morgan fingerprint density at radius 3 is 2.95 bits per heavy atom. The predicted octanol–water partition coefficient (Wildman–Crippen LogP) is 2.90. The van der Waals surface area contributed by atoms with E-state index in [1.807, 2.05) is 11.8 Å². The number of hydrogen-bond donors (Lipinski definition) is 1. The van der Waals surface area contributed by atoms with Crippen molar-refractivity contribution in [2.24, 2.45) is 4.99 Å². The molecule has 0 aliphatic carbocycles. The Bertz CT molecular complexity index is 460. The standard InChI is InChI=1S/C16H23N3S/c1-19-10-6-5-9-14(19)11-17-16-18-15(12-20-16)13-7-3-2-4-8-13/h2-4,7-8,14-15H,5-6,9-12H2,1H3,(H,17,18). The van der Waals surface area contributed by atoms with Gasteiger partial charge in [-0.15, -0.1) is 0 Å². The molecule has 0 aromatic heterocycles. The van der Waals surface area contributed by atoms with Gasteiger partial charge in [0.05, 0.1) is 12.6 Å². The normalized spacial score (nSPS) is 29.6. The minimum Gasteiger partial charge on any atom is -0.357 e. The number of thioether (sulfide) groups is 1. The number of nitrogens with zero attached hydrogens (tertiary/aromatic N) is 2. The summed E-state index contributed by atoms with van der Waals surface area (Å²) in [6, 6.07) is 11.7. The first kappa shape index (κ1) is 14.0. The number of likely N-dealkylation sites (N-methyl/N-ethyl adjacent to an activating group) is 1. The summed E-state index contributed by atoms with van der Waals surface area (Å²) >= 11 is 1.86. The Labute approximate surface area is 125 Å². The zero-order chi connectivity index (χ0) is 13.8. The Hall–Kier alpha value is -1.00. The molecule has 2 aliphatic heterocycles. The smallest absolute Gasteiger partial charge is 0.157 e. The maximum Gasteiger partial charge on any atom is 0.157 e. The Morgan fingerprint density at radius 2 is 2.15 bits per heavy atom. The van der Waals surface area contributed by atoms with Gasteiger partial charge in [0.1, 0.15) is 0 Å². The van der Waals surface area contributed by atoms with E-state index in [-0.39, 0.29) is 0 Å². The number of nitrogens with one attached hydrogen (secondary N) is 1. The van der Waals surface area contributed by atoms with E-state index in [0.29, 0.717) is 12.1 Å². The van der Waals surface area contributed by atoms with Gasteiger partial charge in [0.2, 0.25) is 0 Å². The molecule has 0 radical (unpaired) electrons. The average Bonchev–Trinajstić information content (AvgIpc) is 2.96. The number of aliphatic imine (C=N–C) groups is 1. The van der Waals surface area contributed by atoms with E-state index >= 15 is 0 Å². The molecule has 1 N–H and O–H groups in total. The molecule has 2 atom stereocenters. The van der Waals surface area contributed by atoms with Gasteiger partial charge in [0, 0.05) is 11.8 Å². The van der Waals surface area contributed by atoms with Gasteiger partial charge in [-0.25, -0.2) is 0 Å². The molecule has 2 aliphatic rings. The minimum absolute atomic E-state index is 0.420. The maximum atomic E-state index is 4.80. The molecule has 108 valence electrons. The van der Waals surface area contributed by atoms with Gasteiger partial charge >= 0.3 is 0 Å². The average molecular weight is 289 g/mol. The van der Waals surface area contributed by atoms with Crippen molar-refractivity contribution in [2.45, 2.75) is 31.3 Å². The highest BCUT2D eigenvalue weighted by atomic mass is 32.2. The highest BCUT2D eigenvalue weighted by Crippen LogP contribution is 2.26. The molecule has 20 heavy (non-hydrogen) atoms. The fraction of sp³-hybridized carbons (Fsp3) is 0.562. The van der Waals surface area contributed by atoms with Crippen molar-refractivity contribution < 1.29 is 0 Å². The van der Waals surface area contributed by atoms with Gasteiger partial charge in [0.25, 0.3) is 0 Å². The number of hydrogen-bond acceptors (Lipinski definition) is 3. The topological polar surface area (TPSA) is 27.6 Å². The van der Waals surface area contributed by atoms with Gasteiger partial charge in [-0.2, -0.15) is 0 Å². The molecule has 0 bridgehead atoms. The van der Waals surface area contributed by atoms with Crippen LogP contribution in [0.2, 0.25) is 0 Å². The predicted molar refractivity (Wildman–Crippen MR) is 87.3 cm³/mol. The summed E-state index contributed by atoms with van der Waals surface area (Å²) in [6.45, 7) is 2.16. The molecule has 2 fully saturated rings. The monoisotopic (exact) mass is 289 g/mol. The van der Waals surface area contributed by atoms with Crippen LogP contribution in [-0.2, 0) is 0 Å². The zero-order valence-corrected chi connectivity index (χ0v) is 12.9. The maximum absolute atomic E-state index is 4.80. The van der Waals surface area contributed by atoms with Crippen LogP contribution in [0.4, 0.5) is 0 Å². The highest BCUT2D eigenvalue weighted by Gasteiger charge is 2.23. The van der Waals surface area contributed by atoms with Crippen molar-refractivity contribution in [3.8, 4) is 0 Å². The van der Waals surface area contributed by atoms with E-state index in [0.717, 1.165) is 17.5 Å². The van der Waals surface area contributed by atoms with E-state index in [4.69, 9.17) is 4.99 Å². The summed E-state index contributed by atoms with van der Waals surface area (Å²) in [5.74, 6) is 1.09. The van der Waals surface area contributed by atoms with E-state index in [2.05, 4.69) is 47.6 Å². The van der Waals surface area contributed by atoms with E-state index in [1.165, 1.54) is 31.4 Å². The Kier molecular flexibility index (Phi) is 4.63. The van der Waals surface area contributed by atoms with Crippen LogP contribution in [0.5, 0.6) is 0 Å². The molecular weight excluding hydrogens is 266 g/mol. The molecule has 3 rings (SSSR count). The summed E-state index contributed by atoms with van der Waals surface area (Å²) in [4.78, 5) is 7.26. The lowest BCUT2D eigenvalue weighted by atomic mass is 10.0. The summed E-state index contributed by atoms with van der Waals surface area (Å²) in [7, 11) is 2.23. The van der Waals surface area contributed by atoms with Crippen molar-refractivity contribution >= 4 is 16.9 Å². The highest BCUT2D eigenvalue weighted by molar-refractivity contribution is 8.14. The van der Waals surface area contributed by atoms with Crippen LogP contribution in [0, 0.1) is 0 Å². The third kappa shape index (κ3) is 3.36. The molecule has 2 saturated heterocycles. The van der Waals surface area contributed by atoms with Crippen LogP contribution in [0.3, 0.4) is 0 Å². The van der Waals surface area contributed by atoms with Gasteiger partial charge in [-0.1, -0.05) is 48.5 Å². The lowest BCUT2D eigenvalue weighted by molar-refractivity contribution is 0.191. The quantitative estimate of drug-likeness (QED) is 0.927. The second-order valence-electron chi connectivity index (χ2n) is 5.69. The molecule has 1 aromatic carbocycles. The lowest BCUT2D eigenvalue weighted by Gasteiger charge is -2.31. The van der Waals surface area contributed by atoms with Crippen LogP contribution >= 0.6 is 11.8 Å². The van der Waals surface area contributed by atoms with E-state index in [1.54, 1.807) is 0 Å². The fourth-order valence-corrected chi connectivity index (χ4v) is 3.91. The number of benzene rings is 1.